The maximum absolute atomic E-state index is 2.53. The summed E-state index contributed by atoms with van der Waals surface area (Å²) in [5, 5.41) is 0. The van der Waals surface area contributed by atoms with Crippen molar-refractivity contribution in [3.63, 3.8) is 0 Å². The molecule has 150 valence electrons. The van der Waals surface area contributed by atoms with Crippen molar-refractivity contribution < 1.29 is 0 Å². The molecule has 26 heavy (non-hydrogen) atoms. The molecule has 0 radical (unpaired) electrons. The van der Waals surface area contributed by atoms with Crippen molar-refractivity contribution in [3.8, 4) is 0 Å². The van der Waals surface area contributed by atoms with E-state index in [1.165, 1.54) is 6.42 Å². The highest BCUT2D eigenvalue weighted by molar-refractivity contribution is 5.02. The molecule has 4 saturated carbocycles. The van der Waals surface area contributed by atoms with Gasteiger partial charge in [0.15, 0.2) is 0 Å². The van der Waals surface area contributed by atoms with Crippen LogP contribution in [0, 0.1) is 58.2 Å². The van der Waals surface area contributed by atoms with Crippen molar-refractivity contribution in [2.24, 2.45) is 58.2 Å². The van der Waals surface area contributed by atoms with Crippen LogP contribution < -0.4 is 0 Å². The fourth-order valence-corrected chi connectivity index (χ4v) is 8.23. The lowest BCUT2D eigenvalue weighted by molar-refractivity contribution is -0.0356. The Kier molecular flexibility index (Phi) is 5.06. The standard InChI is InChI=1S/C26H46/c1-25(2,3)20-14-19(15-21(16-20)26(4,5)6)24-22-11-7-9-17(22)13-18-10-8-12-23(18)24/h17-24H,7-16H2,1-6H3. The summed E-state index contributed by atoms with van der Waals surface area (Å²) < 4.78 is 0. The summed E-state index contributed by atoms with van der Waals surface area (Å²) in [5.41, 5.74) is 0.974. The molecule has 4 aliphatic rings. The molecule has 4 aliphatic carbocycles. The van der Waals surface area contributed by atoms with Crippen LogP contribution in [-0.4, -0.2) is 0 Å². The van der Waals surface area contributed by atoms with E-state index in [0.717, 1.165) is 47.3 Å². The highest BCUT2D eigenvalue weighted by Gasteiger charge is 2.52. The van der Waals surface area contributed by atoms with Gasteiger partial charge in [0, 0.05) is 0 Å². The Hall–Kier alpha value is 0. The van der Waals surface area contributed by atoms with Crippen molar-refractivity contribution in [2.75, 3.05) is 0 Å². The highest BCUT2D eigenvalue weighted by atomic mass is 14.6. The van der Waals surface area contributed by atoms with Crippen LogP contribution in [0.1, 0.15) is 106 Å². The smallest absolute Gasteiger partial charge is 0.0323 e. The molecule has 4 fully saturated rings. The molecule has 6 atom stereocenters. The molecule has 0 heterocycles. The third-order valence-corrected chi connectivity index (χ3v) is 9.77. The van der Waals surface area contributed by atoms with Crippen molar-refractivity contribution >= 4 is 0 Å². The number of hydrogen-bond acceptors (Lipinski definition) is 0. The van der Waals surface area contributed by atoms with Crippen LogP contribution in [0.15, 0.2) is 0 Å². The normalized spacial score (nSPS) is 46.8. The van der Waals surface area contributed by atoms with Gasteiger partial charge in [-0.25, -0.2) is 0 Å². The molecule has 0 aromatic rings. The van der Waals surface area contributed by atoms with Crippen LogP contribution in [0.2, 0.25) is 0 Å². The molecule has 4 rings (SSSR count). The molecular weight excluding hydrogens is 312 g/mol. The van der Waals surface area contributed by atoms with Gasteiger partial charge in [-0.15, -0.1) is 0 Å². The highest BCUT2D eigenvalue weighted by Crippen LogP contribution is 2.61. The lowest BCUT2D eigenvalue weighted by Crippen LogP contribution is -2.45. The summed E-state index contributed by atoms with van der Waals surface area (Å²) in [5.74, 6) is 8.45. The van der Waals surface area contributed by atoms with E-state index in [9.17, 15) is 0 Å². The van der Waals surface area contributed by atoms with Gasteiger partial charge in [-0.05, 0) is 96.7 Å². The van der Waals surface area contributed by atoms with E-state index in [2.05, 4.69) is 41.5 Å². The molecule has 0 spiro atoms. The molecule has 0 nitrogen and oxygen atoms in total. The lowest BCUT2D eigenvalue weighted by atomic mass is 9.52. The van der Waals surface area contributed by atoms with E-state index in [-0.39, 0.29) is 0 Å². The average molecular weight is 359 g/mol. The van der Waals surface area contributed by atoms with Crippen LogP contribution in [0.25, 0.3) is 0 Å². The SMILES string of the molecule is CC(C)(C)C1CC(C2C3CCCC3CC3CCCC32)CC(C(C)(C)C)C1. The summed E-state index contributed by atoms with van der Waals surface area (Å²) in [4.78, 5) is 0. The minimum absolute atomic E-state index is 0.487. The van der Waals surface area contributed by atoms with Gasteiger partial charge in [-0.2, -0.15) is 0 Å². The molecule has 0 N–H and O–H groups in total. The third kappa shape index (κ3) is 3.53. The van der Waals surface area contributed by atoms with Gasteiger partial charge in [0.1, 0.15) is 0 Å². The van der Waals surface area contributed by atoms with Gasteiger partial charge in [0.25, 0.3) is 0 Å². The zero-order chi connectivity index (χ0) is 18.7. The molecule has 0 aliphatic heterocycles. The summed E-state index contributed by atoms with van der Waals surface area (Å²) >= 11 is 0. The quantitative estimate of drug-likeness (QED) is 0.446. The predicted molar refractivity (Wildman–Crippen MR) is 113 cm³/mol. The molecule has 0 amide bonds. The Balaban J connectivity index is 1.62. The Morgan fingerprint density at radius 3 is 1.38 bits per heavy atom. The monoisotopic (exact) mass is 358 g/mol. The Labute approximate surface area is 164 Å². The van der Waals surface area contributed by atoms with Crippen molar-refractivity contribution in [2.45, 2.75) is 106 Å². The van der Waals surface area contributed by atoms with Crippen molar-refractivity contribution in [1.82, 2.24) is 0 Å². The first-order valence-corrected chi connectivity index (χ1v) is 12.1. The molecule has 0 saturated heterocycles. The number of fused-ring (bicyclic) bond motifs is 2. The Morgan fingerprint density at radius 1 is 0.500 bits per heavy atom. The van der Waals surface area contributed by atoms with Gasteiger partial charge in [0.2, 0.25) is 0 Å². The first-order chi connectivity index (χ1) is 12.1. The van der Waals surface area contributed by atoms with Crippen LogP contribution in [-0.2, 0) is 0 Å². The van der Waals surface area contributed by atoms with E-state index < -0.39 is 0 Å². The van der Waals surface area contributed by atoms with E-state index in [0.29, 0.717) is 10.8 Å². The Morgan fingerprint density at radius 2 is 0.962 bits per heavy atom. The molecule has 0 aromatic heterocycles. The fourth-order valence-electron chi connectivity index (χ4n) is 8.23. The topological polar surface area (TPSA) is 0 Å². The largest absolute Gasteiger partial charge is 0.0599 e. The molecule has 6 unspecified atom stereocenters. The van der Waals surface area contributed by atoms with E-state index in [1.54, 1.807) is 57.8 Å². The van der Waals surface area contributed by atoms with E-state index in [1.807, 2.05) is 0 Å². The van der Waals surface area contributed by atoms with Gasteiger partial charge in [-0.3, -0.25) is 0 Å². The number of hydrogen-bond donors (Lipinski definition) is 0. The average Bonchev–Trinajstić information content (AvgIpc) is 3.18. The van der Waals surface area contributed by atoms with Gasteiger partial charge >= 0.3 is 0 Å². The predicted octanol–water partition coefficient (Wildman–Crippen LogP) is 7.96. The third-order valence-electron chi connectivity index (χ3n) is 9.77. The summed E-state index contributed by atoms with van der Waals surface area (Å²) in [6, 6.07) is 0. The zero-order valence-corrected chi connectivity index (χ0v) is 18.7. The number of rotatable bonds is 1. The first kappa shape index (κ1) is 19.3. The first-order valence-electron chi connectivity index (χ1n) is 12.1. The second-order valence-electron chi connectivity index (χ2n) is 13.1. The van der Waals surface area contributed by atoms with Gasteiger partial charge < -0.3 is 0 Å². The maximum Gasteiger partial charge on any atom is -0.0323 e. The van der Waals surface area contributed by atoms with Crippen molar-refractivity contribution in [3.05, 3.63) is 0 Å². The second kappa shape index (κ2) is 6.81. The lowest BCUT2D eigenvalue weighted by Gasteiger charge is -2.53. The summed E-state index contributed by atoms with van der Waals surface area (Å²) in [7, 11) is 0. The molecule has 0 bridgehead atoms. The fraction of sp³-hybridized carbons (Fsp3) is 1.00. The van der Waals surface area contributed by atoms with E-state index in [4.69, 9.17) is 0 Å². The van der Waals surface area contributed by atoms with Crippen LogP contribution in [0.4, 0.5) is 0 Å². The van der Waals surface area contributed by atoms with Crippen LogP contribution >= 0.6 is 0 Å². The minimum Gasteiger partial charge on any atom is -0.0599 e. The second-order valence-corrected chi connectivity index (χ2v) is 13.1. The minimum atomic E-state index is 0.487. The van der Waals surface area contributed by atoms with Crippen LogP contribution in [0.3, 0.4) is 0 Å². The summed E-state index contributed by atoms with van der Waals surface area (Å²) in [6.07, 6.45) is 15.6. The van der Waals surface area contributed by atoms with Gasteiger partial charge in [0.05, 0.1) is 0 Å². The maximum atomic E-state index is 2.53. The Bertz CT molecular complexity index is 447. The summed E-state index contributed by atoms with van der Waals surface area (Å²) in [6.45, 7) is 15.2. The van der Waals surface area contributed by atoms with E-state index >= 15 is 0 Å². The molecule has 0 aromatic carbocycles. The van der Waals surface area contributed by atoms with Crippen molar-refractivity contribution in [1.29, 1.82) is 0 Å². The van der Waals surface area contributed by atoms with Gasteiger partial charge in [-0.1, -0.05) is 67.2 Å². The molecule has 0 heteroatoms. The zero-order valence-electron chi connectivity index (χ0n) is 18.7. The van der Waals surface area contributed by atoms with Crippen LogP contribution in [0.5, 0.6) is 0 Å². The molecular formula is C26H46.